The number of hydrogen-bond acceptors (Lipinski definition) is 4. The van der Waals surface area contributed by atoms with Crippen molar-refractivity contribution in [2.24, 2.45) is 5.73 Å². The zero-order valence-electron chi connectivity index (χ0n) is 17.3. The first-order valence-electron chi connectivity index (χ1n) is 10.1. The Morgan fingerprint density at radius 2 is 2.06 bits per heavy atom. The van der Waals surface area contributed by atoms with Crippen LogP contribution in [0.1, 0.15) is 55.6 Å². The number of carbonyl (C=O) groups excluding carboxylic acids is 2. The zero-order valence-corrected chi connectivity index (χ0v) is 18.1. The summed E-state index contributed by atoms with van der Waals surface area (Å²) in [4.78, 5) is 31.1. The highest BCUT2D eigenvalue weighted by Gasteiger charge is 2.35. The molecule has 0 bridgehead atoms. The van der Waals surface area contributed by atoms with Gasteiger partial charge in [-0.25, -0.2) is 4.39 Å². The molecule has 0 aliphatic heterocycles. The molecule has 0 saturated heterocycles. The second-order valence-electron chi connectivity index (χ2n) is 7.79. The summed E-state index contributed by atoms with van der Waals surface area (Å²) >= 11 is 6.11. The molecule has 3 N–H and O–H groups in total. The summed E-state index contributed by atoms with van der Waals surface area (Å²) < 4.78 is 14.5. The number of carbonyl (C=O) groups is 2. The predicted octanol–water partition coefficient (Wildman–Crippen LogP) is 4.32. The normalized spacial score (nSPS) is 14.8. The van der Waals surface area contributed by atoms with Gasteiger partial charge in [0, 0.05) is 23.3 Å². The van der Waals surface area contributed by atoms with Crippen molar-refractivity contribution in [3.8, 4) is 5.75 Å². The van der Waals surface area contributed by atoms with Crippen molar-refractivity contribution >= 4 is 23.4 Å². The Kier molecular flexibility index (Phi) is 5.84. The third-order valence-electron chi connectivity index (χ3n) is 5.79. The smallest absolute Gasteiger partial charge is 0.267 e. The summed E-state index contributed by atoms with van der Waals surface area (Å²) in [6, 6.07) is 10.6. The number of phenols is 1. The van der Waals surface area contributed by atoms with E-state index in [2.05, 4.69) is 4.98 Å². The first-order valence-corrected chi connectivity index (χ1v) is 10.5. The van der Waals surface area contributed by atoms with Crippen LogP contribution in [0.5, 0.6) is 5.75 Å². The van der Waals surface area contributed by atoms with E-state index >= 15 is 0 Å². The van der Waals surface area contributed by atoms with Crippen LogP contribution in [0, 0.1) is 12.7 Å². The lowest BCUT2D eigenvalue weighted by atomic mass is 10.0. The number of para-hydroxylation sites is 1. The van der Waals surface area contributed by atoms with Crippen molar-refractivity contribution in [1.29, 1.82) is 0 Å². The maximum atomic E-state index is 14.5. The minimum atomic E-state index is -0.715. The summed E-state index contributed by atoms with van der Waals surface area (Å²) in [7, 11) is 0. The molecule has 1 aliphatic carbocycles. The van der Waals surface area contributed by atoms with Gasteiger partial charge in [-0.3, -0.25) is 14.6 Å². The molecule has 1 atom stereocenters. The zero-order chi connectivity index (χ0) is 23.0. The topological polar surface area (TPSA) is 96.5 Å². The number of benzene rings is 2. The maximum absolute atomic E-state index is 14.5. The van der Waals surface area contributed by atoms with Crippen LogP contribution in [0.25, 0.3) is 0 Å². The van der Waals surface area contributed by atoms with Crippen LogP contribution >= 0.6 is 11.6 Å². The number of aromatic hydroxyl groups is 1. The van der Waals surface area contributed by atoms with Crippen molar-refractivity contribution < 1.29 is 19.1 Å². The average Bonchev–Trinajstić information content (AvgIpc) is 3.17. The van der Waals surface area contributed by atoms with E-state index in [1.165, 1.54) is 23.2 Å². The van der Waals surface area contributed by atoms with Gasteiger partial charge in [0.15, 0.2) is 0 Å². The van der Waals surface area contributed by atoms with Gasteiger partial charge >= 0.3 is 0 Å². The summed E-state index contributed by atoms with van der Waals surface area (Å²) in [6.45, 7) is 1.69. The van der Waals surface area contributed by atoms with Crippen molar-refractivity contribution in [2.45, 2.75) is 32.4 Å². The molecule has 32 heavy (non-hydrogen) atoms. The van der Waals surface area contributed by atoms with Gasteiger partial charge in [-0.15, -0.1) is 0 Å². The van der Waals surface area contributed by atoms with E-state index in [0.29, 0.717) is 35.1 Å². The molecule has 1 aromatic heterocycles. The lowest BCUT2D eigenvalue weighted by Crippen LogP contribution is -2.34. The summed E-state index contributed by atoms with van der Waals surface area (Å²) in [6.07, 6.45) is 2.35. The van der Waals surface area contributed by atoms with Crippen molar-refractivity contribution in [3.05, 3.63) is 93.0 Å². The van der Waals surface area contributed by atoms with Crippen molar-refractivity contribution in [3.63, 3.8) is 0 Å². The van der Waals surface area contributed by atoms with Crippen LogP contribution in [-0.2, 0) is 13.0 Å². The molecule has 1 aliphatic rings. The third kappa shape index (κ3) is 3.91. The molecule has 0 spiro atoms. The fourth-order valence-electron chi connectivity index (χ4n) is 4.23. The van der Waals surface area contributed by atoms with Crippen LogP contribution in [0.2, 0.25) is 5.02 Å². The average molecular weight is 454 g/mol. The van der Waals surface area contributed by atoms with Gasteiger partial charge in [-0.2, -0.15) is 0 Å². The Morgan fingerprint density at radius 1 is 1.28 bits per heavy atom. The SMILES string of the molecule is Cc1cccc(C(=O)N(Cc2cccnc2C(N)=O)[C@@H]2CCc3c(F)cc(Cl)cc32)c1O. The number of phenolic OH excluding ortho intramolecular Hbond substituents is 1. The number of aryl methyl sites for hydroxylation is 1. The largest absolute Gasteiger partial charge is 0.507 e. The van der Waals surface area contributed by atoms with Crippen molar-refractivity contribution in [1.82, 2.24) is 9.88 Å². The lowest BCUT2D eigenvalue weighted by Gasteiger charge is -2.31. The highest BCUT2D eigenvalue weighted by molar-refractivity contribution is 6.30. The Bertz CT molecular complexity index is 1230. The fraction of sp³-hybridized carbons (Fsp3) is 0.208. The van der Waals surface area contributed by atoms with Gasteiger partial charge in [-0.05, 0) is 60.7 Å². The van der Waals surface area contributed by atoms with Crippen LogP contribution < -0.4 is 5.73 Å². The van der Waals surface area contributed by atoms with Crippen LogP contribution in [0.4, 0.5) is 4.39 Å². The molecule has 1 heterocycles. The predicted molar refractivity (Wildman–Crippen MR) is 118 cm³/mol. The monoisotopic (exact) mass is 453 g/mol. The molecule has 164 valence electrons. The summed E-state index contributed by atoms with van der Waals surface area (Å²) in [5.41, 5.74) is 7.77. The maximum Gasteiger partial charge on any atom is 0.267 e. The Labute approximate surface area is 189 Å². The number of amides is 2. The van der Waals surface area contributed by atoms with E-state index in [1.54, 1.807) is 37.3 Å². The Morgan fingerprint density at radius 3 is 2.81 bits per heavy atom. The van der Waals surface area contributed by atoms with Gasteiger partial charge in [0.2, 0.25) is 0 Å². The molecule has 0 saturated carbocycles. The molecule has 6 nitrogen and oxygen atoms in total. The van der Waals surface area contributed by atoms with E-state index in [0.717, 1.165) is 0 Å². The number of fused-ring (bicyclic) bond motifs is 1. The molecule has 2 aromatic carbocycles. The van der Waals surface area contributed by atoms with Crippen molar-refractivity contribution in [2.75, 3.05) is 0 Å². The standard InChI is InChI=1S/C24H21ClFN3O3/c1-13-4-2-6-17(22(13)30)24(32)29(12-14-5-3-9-28-21(14)23(27)31)20-8-7-16-18(20)10-15(25)11-19(16)26/h2-6,9-11,20,30H,7-8,12H2,1H3,(H2,27,31)/t20-/m1/s1. The number of aromatic nitrogens is 1. The van der Waals surface area contributed by atoms with Gasteiger partial charge < -0.3 is 15.7 Å². The van der Waals surface area contributed by atoms with Crippen LogP contribution in [0.15, 0.2) is 48.7 Å². The van der Waals surface area contributed by atoms with Gasteiger partial charge in [0.25, 0.3) is 11.8 Å². The quantitative estimate of drug-likeness (QED) is 0.601. The van der Waals surface area contributed by atoms with Gasteiger partial charge in [0.05, 0.1) is 11.6 Å². The molecular formula is C24H21ClFN3O3. The first kappa shape index (κ1) is 21.8. The number of rotatable bonds is 5. The second kappa shape index (κ2) is 8.59. The molecule has 0 fully saturated rings. The Balaban J connectivity index is 1.83. The van der Waals surface area contributed by atoms with Gasteiger partial charge in [-0.1, -0.05) is 29.8 Å². The number of nitrogens with zero attached hydrogens (tertiary/aromatic N) is 2. The highest BCUT2D eigenvalue weighted by atomic mass is 35.5. The molecule has 4 rings (SSSR count). The minimum Gasteiger partial charge on any atom is -0.507 e. The second-order valence-corrected chi connectivity index (χ2v) is 8.23. The number of pyridine rings is 1. The van der Waals surface area contributed by atoms with Crippen LogP contribution in [-0.4, -0.2) is 26.8 Å². The van der Waals surface area contributed by atoms with E-state index in [1.807, 2.05) is 0 Å². The number of primary amides is 1. The molecule has 8 heteroatoms. The number of hydrogen-bond donors (Lipinski definition) is 2. The number of nitrogens with two attached hydrogens (primary N) is 1. The first-order chi connectivity index (χ1) is 15.3. The minimum absolute atomic E-state index is 0.00341. The molecular weight excluding hydrogens is 433 g/mol. The summed E-state index contributed by atoms with van der Waals surface area (Å²) in [5, 5.41) is 10.8. The fourth-order valence-corrected chi connectivity index (χ4v) is 4.44. The van der Waals surface area contributed by atoms with E-state index in [-0.39, 0.29) is 28.6 Å². The Hall–Kier alpha value is -3.45. The molecule has 0 radical (unpaired) electrons. The molecule has 3 aromatic rings. The van der Waals surface area contributed by atoms with E-state index in [9.17, 15) is 19.1 Å². The highest BCUT2D eigenvalue weighted by Crippen LogP contribution is 2.41. The molecule has 0 unspecified atom stereocenters. The number of halogens is 2. The molecule has 2 amide bonds. The van der Waals surface area contributed by atoms with Crippen LogP contribution in [0.3, 0.4) is 0 Å². The van der Waals surface area contributed by atoms with Gasteiger partial charge in [0.1, 0.15) is 17.3 Å². The lowest BCUT2D eigenvalue weighted by molar-refractivity contribution is 0.0652. The third-order valence-corrected chi connectivity index (χ3v) is 6.01. The van der Waals surface area contributed by atoms with E-state index in [4.69, 9.17) is 17.3 Å². The summed E-state index contributed by atoms with van der Waals surface area (Å²) in [5.74, 6) is -1.71. The van der Waals surface area contributed by atoms with E-state index < -0.39 is 23.7 Å².